The number of nitrogens with one attached hydrogen (secondary N) is 2. The van der Waals surface area contributed by atoms with Gasteiger partial charge in [0.15, 0.2) is 5.82 Å². The normalized spacial score (nSPS) is 9.81. The van der Waals surface area contributed by atoms with Gasteiger partial charge >= 0.3 is 5.91 Å². The van der Waals surface area contributed by atoms with Crippen LogP contribution in [0.5, 0.6) is 5.75 Å². The van der Waals surface area contributed by atoms with Crippen molar-refractivity contribution in [3.05, 3.63) is 53.9 Å². The van der Waals surface area contributed by atoms with Gasteiger partial charge in [-0.15, -0.1) is 0 Å². The number of carbonyl (C=O) groups excluding carboxylic acids is 2. The van der Waals surface area contributed by atoms with Gasteiger partial charge in [-0.25, -0.2) is 14.4 Å². The monoisotopic (exact) mass is 290 g/mol. The van der Waals surface area contributed by atoms with Crippen molar-refractivity contribution in [1.82, 2.24) is 20.8 Å². The van der Waals surface area contributed by atoms with Crippen LogP contribution in [0.1, 0.15) is 21.0 Å². The Morgan fingerprint density at radius 3 is 2.48 bits per heavy atom. The van der Waals surface area contributed by atoms with Gasteiger partial charge in [0, 0.05) is 5.56 Å². The molecule has 0 fully saturated rings. The summed E-state index contributed by atoms with van der Waals surface area (Å²) in [4.78, 5) is 30.4. The summed E-state index contributed by atoms with van der Waals surface area (Å²) < 4.78 is 17.6. The van der Waals surface area contributed by atoms with Crippen molar-refractivity contribution in [2.75, 3.05) is 7.11 Å². The van der Waals surface area contributed by atoms with Crippen LogP contribution in [0.15, 0.2) is 36.7 Å². The number of aromatic nitrogens is 2. The van der Waals surface area contributed by atoms with Crippen LogP contribution >= 0.6 is 0 Å². The van der Waals surface area contributed by atoms with E-state index in [9.17, 15) is 14.0 Å². The number of hydrogen-bond donors (Lipinski definition) is 2. The highest BCUT2D eigenvalue weighted by Crippen LogP contribution is 2.11. The highest BCUT2D eigenvalue weighted by atomic mass is 19.1. The molecule has 2 amide bonds. The molecule has 1 aromatic carbocycles. The molecule has 7 nitrogen and oxygen atoms in total. The van der Waals surface area contributed by atoms with E-state index >= 15 is 0 Å². The van der Waals surface area contributed by atoms with Gasteiger partial charge in [0.1, 0.15) is 5.75 Å². The Bertz CT molecular complexity index is 661. The summed E-state index contributed by atoms with van der Waals surface area (Å²) in [5, 5.41) is 0. The van der Waals surface area contributed by atoms with Crippen molar-refractivity contribution < 1.29 is 18.7 Å². The molecule has 0 aliphatic rings. The molecule has 0 saturated carbocycles. The molecule has 0 aliphatic heterocycles. The molecule has 0 unspecified atom stereocenters. The standard InChI is InChI=1S/C13H11FN4O3/c1-21-10-4-2-3-8(5-10)12(19)17-18-13(20)11-15-6-9(14)7-16-11/h2-7H,1H3,(H,17,19)(H,18,20). The first-order valence-corrected chi connectivity index (χ1v) is 5.82. The van der Waals surface area contributed by atoms with Crippen molar-refractivity contribution in [3.63, 3.8) is 0 Å². The topological polar surface area (TPSA) is 93.2 Å². The van der Waals surface area contributed by atoms with Crippen molar-refractivity contribution in [2.24, 2.45) is 0 Å². The maximum absolute atomic E-state index is 12.6. The first kappa shape index (κ1) is 14.4. The predicted octanol–water partition coefficient (Wildman–Crippen LogP) is 0.699. The van der Waals surface area contributed by atoms with Gasteiger partial charge in [0.25, 0.3) is 5.91 Å². The SMILES string of the molecule is COc1cccc(C(=O)NNC(=O)c2ncc(F)cn2)c1. The highest BCUT2D eigenvalue weighted by Gasteiger charge is 2.11. The zero-order valence-corrected chi connectivity index (χ0v) is 11.0. The zero-order valence-electron chi connectivity index (χ0n) is 11.0. The van der Waals surface area contributed by atoms with E-state index in [1.54, 1.807) is 18.2 Å². The van der Waals surface area contributed by atoms with E-state index in [4.69, 9.17) is 4.74 Å². The lowest BCUT2D eigenvalue weighted by Crippen LogP contribution is -2.42. The van der Waals surface area contributed by atoms with E-state index in [2.05, 4.69) is 20.8 Å². The molecule has 0 spiro atoms. The van der Waals surface area contributed by atoms with Gasteiger partial charge in [-0.1, -0.05) is 6.07 Å². The molecule has 2 aromatic rings. The minimum Gasteiger partial charge on any atom is -0.497 e. The minimum atomic E-state index is -0.758. The second-order valence-corrected chi connectivity index (χ2v) is 3.87. The van der Waals surface area contributed by atoms with E-state index in [0.717, 1.165) is 12.4 Å². The Kier molecular flexibility index (Phi) is 4.39. The Morgan fingerprint density at radius 1 is 1.14 bits per heavy atom. The van der Waals surface area contributed by atoms with E-state index < -0.39 is 17.6 Å². The number of ether oxygens (including phenoxy) is 1. The van der Waals surface area contributed by atoms with Gasteiger partial charge in [0.05, 0.1) is 19.5 Å². The minimum absolute atomic E-state index is 0.262. The number of hydrogen-bond acceptors (Lipinski definition) is 5. The maximum Gasteiger partial charge on any atom is 0.307 e. The fourth-order valence-electron chi connectivity index (χ4n) is 1.44. The third-order valence-electron chi connectivity index (χ3n) is 2.44. The smallest absolute Gasteiger partial charge is 0.307 e. The lowest BCUT2D eigenvalue weighted by Gasteiger charge is -2.07. The van der Waals surface area contributed by atoms with E-state index in [1.165, 1.54) is 13.2 Å². The second kappa shape index (κ2) is 6.42. The third-order valence-corrected chi connectivity index (χ3v) is 2.44. The summed E-state index contributed by atoms with van der Waals surface area (Å²) in [6.45, 7) is 0. The second-order valence-electron chi connectivity index (χ2n) is 3.87. The third kappa shape index (κ3) is 3.72. The van der Waals surface area contributed by atoms with Crippen LogP contribution in [-0.4, -0.2) is 28.9 Å². The summed E-state index contributed by atoms with van der Waals surface area (Å²) >= 11 is 0. The summed E-state index contributed by atoms with van der Waals surface area (Å²) in [5.41, 5.74) is 4.62. The van der Waals surface area contributed by atoms with Gasteiger partial charge in [-0.05, 0) is 18.2 Å². The van der Waals surface area contributed by atoms with E-state index in [-0.39, 0.29) is 5.82 Å². The molecule has 2 N–H and O–H groups in total. The van der Waals surface area contributed by atoms with E-state index in [0.29, 0.717) is 11.3 Å². The maximum atomic E-state index is 12.6. The number of rotatable bonds is 3. The molecule has 0 bridgehead atoms. The van der Waals surface area contributed by atoms with Gasteiger partial charge in [0.2, 0.25) is 5.82 Å². The van der Waals surface area contributed by atoms with Crippen LogP contribution in [-0.2, 0) is 0 Å². The number of amides is 2. The van der Waals surface area contributed by atoms with Crippen molar-refractivity contribution in [1.29, 1.82) is 0 Å². The number of nitrogens with zero attached hydrogens (tertiary/aromatic N) is 2. The van der Waals surface area contributed by atoms with Crippen molar-refractivity contribution in [2.45, 2.75) is 0 Å². The van der Waals surface area contributed by atoms with Crippen LogP contribution in [0.3, 0.4) is 0 Å². The first-order valence-electron chi connectivity index (χ1n) is 5.82. The lowest BCUT2D eigenvalue weighted by molar-refractivity contribution is 0.0840. The van der Waals surface area contributed by atoms with Crippen LogP contribution in [0.25, 0.3) is 0 Å². The number of methoxy groups -OCH3 is 1. The van der Waals surface area contributed by atoms with Crippen molar-refractivity contribution in [3.8, 4) is 5.75 Å². The summed E-state index contributed by atoms with van der Waals surface area (Å²) in [5.74, 6) is -1.71. The van der Waals surface area contributed by atoms with E-state index in [1.807, 2.05) is 0 Å². The molecular formula is C13H11FN4O3. The van der Waals surface area contributed by atoms with Crippen molar-refractivity contribution >= 4 is 11.8 Å². The molecule has 21 heavy (non-hydrogen) atoms. The molecule has 108 valence electrons. The number of halogens is 1. The zero-order chi connectivity index (χ0) is 15.2. The van der Waals surface area contributed by atoms with Crippen LogP contribution in [0.4, 0.5) is 4.39 Å². The quantitative estimate of drug-likeness (QED) is 0.812. The first-order chi connectivity index (χ1) is 10.1. The molecule has 8 heteroatoms. The fraction of sp³-hybridized carbons (Fsp3) is 0.0769. The number of benzene rings is 1. The molecule has 0 saturated heterocycles. The van der Waals surface area contributed by atoms with Gasteiger partial charge in [-0.3, -0.25) is 20.4 Å². The fourth-order valence-corrected chi connectivity index (χ4v) is 1.44. The Labute approximate surface area is 119 Å². The van der Waals surface area contributed by atoms with Crippen LogP contribution in [0.2, 0.25) is 0 Å². The summed E-state index contributed by atoms with van der Waals surface area (Å²) in [7, 11) is 1.48. The molecule has 0 aliphatic carbocycles. The molecule has 2 rings (SSSR count). The average molecular weight is 290 g/mol. The predicted molar refractivity (Wildman–Crippen MR) is 69.9 cm³/mol. The number of carbonyl (C=O) groups is 2. The lowest BCUT2D eigenvalue weighted by atomic mass is 10.2. The van der Waals surface area contributed by atoms with Crippen LogP contribution in [0, 0.1) is 5.82 Å². The summed E-state index contributed by atoms with van der Waals surface area (Å²) in [6.07, 6.45) is 1.71. The molecular weight excluding hydrogens is 279 g/mol. The average Bonchev–Trinajstić information content (AvgIpc) is 2.53. The Balaban J connectivity index is 1.97. The van der Waals surface area contributed by atoms with Gasteiger partial charge in [-0.2, -0.15) is 0 Å². The summed E-state index contributed by atoms with van der Waals surface area (Å²) in [6, 6.07) is 6.38. The highest BCUT2D eigenvalue weighted by molar-refractivity contribution is 5.97. The number of hydrazine groups is 1. The molecule has 1 aromatic heterocycles. The largest absolute Gasteiger partial charge is 0.497 e. The van der Waals surface area contributed by atoms with Gasteiger partial charge < -0.3 is 4.74 Å². The Hall–Kier alpha value is -3.03. The molecule has 0 atom stereocenters. The molecule has 1 heterocycles. The molecule has 0 radical (unpaired) electrons. The van der Waals surface area contributed by atoms with Crippen LogP contribution < -0.4 is 15.6 Å². The Morgan fingerprint density at radius 2 is 1.81 bits per heavy atom.